The number of ether oxygens (including phenoxy) is 1. The Bertz CT molecular complexity index is 1280. The lowest BCUT2D eigenvalue weighted by atomic mass is 9.74. The number of halogens is 6. The molecule has 2 N–H and O–H groups in total. The van der Waals surface area contributed by atoms with Gasteiger partial charge in [-0.25, -0.2) is 17.9 Å². The van der Waals surface area contributed by atoms with Gasteiger partial charge in [-0.05, 0) is 43.0 Å². The van der Waals surface area contributed by atoms with Crippen LogP contribution in [0, 0.1) is 17.5 Å². The minimum atomic E-state index is -4.94. The fraction of sp³-hybridized carbons (Fsp3) is 0.375. The summed E-state index contributed by atoms with van der Waals surface area (Å²) in [6, 6.07) is 3.48. The molecule has 13 heteroatoms. The molecule has 1 aliphatic rings. The lowest BCUT2D eigenvalue weighted by Crippen LogP contribution is -2.49. The van der Waals surface area contributed by atoms with Crippen LogP contribution in [0.15, 0.2) is 36.5 Å². The van der Waals surface area contributed by atoms with Gasteiger partial charge < -0.3 is 15.2 Å². The Morgan fingerprint density at radius 2 is 1.89 bits per heavy atom. The smallest absolute Gasteiger partial charge is 0.394 e. The fourth-order valence-corrected chi connectivity index (χ4v) is 4.44. The van der Waals surface area contributed by atoms with Crippen LogP contribution in [-0.2, 0) is 22.1 Å². The Labute approximate surface area is 207 Å². The number of hydrogen-bond donors (Lipinski definition) is 2. The van der Waals surface area contributed by atoms with Gasteiger partial charge in [0.2, 0.25) is 5.91 Å². The van der Waals surface area contributed by atoms with E-state index in [-0.39, 0.29) is 18.0 Å². The van der Waals surface area contributed by atoms with Crippen molar-refractivity contribution in [1.82, 2.24) is 15.0 Å². The zero-order chi connectivity index (χ0) is 27.0. The molecule has 1 aliphatic carbocycles. The lowest BCUT2D eigenvalue weighted by molar-refractivity contribution is -0.140. The summed E-state index contributed by atoms with van der Waals surface area (Å²) in [7, 11) is 1.51. The maximum Gasteiger partial charge on any atom is 0.419 e. The van der Waals surface area contributed by atoms with Gasteiger partial charge in [0.1, 0.15) is 29.2 Å². The van der Waals surface area contributed by atoms with Gasteiger partial charge in [0.05, 0.1) is 36.0 Å². The summed E-state index contributed by atoms with van der Waals surface area (Å²) in [6.07, 6.45) is -2.23. The Balaban J connectivity index is 1.52. The van der Waals surface area contributed by atoms with Crippen LogP contribution in [0.2, 0.25) is 0 Å². The molecule has 0 aliphatic heterocycles. The van der Waals surface area contributed by atoms with Crippen LogP contribution in [0.25, 0.3) is 11.3 Å². The second-order valence-electron chi connectivity index (χ2n) is 8.72. The van der Waals surface area contributed by atoms with Crippen LogP contribution in [-0.4, -0.2) is 45.3 Å². The molecule has 0 saturated heterocycles. The van der Waals surface area contributed by atoms with E-state index >= 15 is 0 Å². The molecule has 37 heavy (non-hydrogen) atoms. The summed E-state index contributed by atoms with van der Waals surface area (Å²) in [5.41, 5.74) is -3.74. The van der Waals surface area contributed by atoms with Crippen molar-refractivity contribution >= 4 is 11.6 Å². The predicted molar refractivity (Wildman–Crippen MR) is 119 cm³/mol. The van der Waals surface area contributed by atoms with Crippen LogP contribution in [0.4, 0.5) is 32.0 Å². The van der Waals surface area contributed by atoms with Gasteiger partial charge in [-0.15, -0.1) is 5.10 Å². The monoisotopic (exact) mass is 528 g/mol. The van der Waals surface area contributed by atoms with Gasteiger partial charge in [-0.1, -0.05) is 17.3 Å². The van der Waals surface area contributed by atoms with Crippen molar-refractivity contribution in [2.24, 2.45) is 0 Å². The van der Waals surface area contributed by atoms with Crippen LogP contribution in [0.5, 0.6) is 0 Å². The third-order valence-corrected chi connectivity index (χ3v) is 6.53. The number of aromatic nitrogens is 3. The normalized spacial score (nSPS) is 15.8. The fourth-order valence-electron chi connectivity index (χ4n) is 4.44. The van der Waals surface area contributed by atoms with Crippen molar-refractivity contribution in [3.8, 4) is 11.3 Å². The number of benzene rings is 2. The molecule has 2 aromatic carbocycles. The molecule has 1 heterocycles. The summed E-state index contributed by atoms with van der Waals surface area (Å²) in [6.45, 7) is -0.334. The van der Waals surface area contributed by atoms with E-state index in [9.17, 15) is 36.2 Å². The molecule has 1 fully saturated rings. The van der Waals surface area contributed by atoms with Crippen molar-refractivity contribution in [1.29, 1.82) is 0 Å². The topological polar surface area (TPSA) is 89.3 Å². The molecule has 4 rings (SSSR count). The third-order valence-electron chi connectivity index (χ3n) is 6.53. The van der Waals surface area contributed by atoms with E-state index in [0.717, 1.165) is 30.7 Å². The molecule has 3 aromatic rings. The standard InChI is InChI=1S/C24H22F6N4O3/c1-37-23(6-3-7-23)19(12-35)34-11-18(32-33-34)21-16(25)9-14(10-17(21)26)31-20(36)8-13-4-2-5-15(22(13)27)24(28,29)30/h2,4-5,9-11,19,35H,3,6-8,12H2,1H3,(H,31,36). The molecule has 0 bridgehead atoms. The van der Waals surface area contributed by atoms with Crippen LogP contribution in [0.3, 0.4) is 0 Å². The van der Waals surface area contributed by atoms with Crippen LogP contribution >= 0.6 is 0 Å². The molecule has 0 spiro atoms. The van der Waals surface area contributed by atoms with E-state index in [1.165, 1.54) is 18.0 Å². The Morgan fingerprint density at radius 1 is 1.22 bits per heavy atom. The number of nitrogens with one attached hydrogen (secondary N) is 1. The van der Waals surface area contributed by atoms with Gasteiger partial charge in [0, 0.05) is 12.8 Å². The van der Waals surface area contributed by atoms with E-state index in [1.54, 1.807) is 0 Å². The van der Waals surface area contributed by atoms with Gasteiger partial charge in [0.25, 0.3) is 0 Å². The predicted octanol–water partition coefficient (Wildman–Crippen LogP) is 4.66. The van der Waals surface area contributed by atoms with Crippen LogP contribution in [0.1, 0.15) is 36.4 Å². The zero-order valence-corrected chi connectivity index (χ0v) is 19.5. The number of methoxy groups -OCH3 is 1. The van der Waals surface area contributed by atoms with E-state index in [1.807, 2.05) is 0 Å². The van der Waals surface area contributed by atoms with Crippen LogP contribution < -0.4 is 5.32 Å². The number of anilines is 1. The highest BCUT2D eigenvalue weighted by Gasteiger charge is 2.46. The zero-order valence-electron chi connectivity index (χ0n) is 19.5. The highest BCUT2D eigenvalue weighted by atomic mass is 19.4. The molecule has 0 radical (unpaired) electrons. The second kappa shape index (κ2) is 10.1. The van der Waals surface area contributed by atoms with Gasteiger partial charge in [0.15, 0.2) is 0 Å². The lowest BCUT2D eigenvalue weighted by Gasteiger charge is -2.45. The summed E-state index contributed by atoms with van der Waals surface area (Å²) in [5.74, 6) is -4.78. The first-order chi connectivity index (χ1) is 17.5. The van der Waals surface area contributed by atoms with Gasteiger partial charge >= 0.3 is 6.18 Å². The molecular formula is C24H22F6N4O3. The number of hydrogen-bond acceptors (Lipinski definition) is 5. The van der Waals surface area contributed by atoms with E-state index < -0.39 is 64.3 Å². The molecule has 1 amide bonds. The summed E-state index contributed by atoms with van der Waals surface area (Å²) < 4.78 is 89.4. The minimum absolute atomic E-state index is 0.164. The Morgan fingerprint density at radius 3 is 2.43 bits per heavy atom. The number of carbonyl (C=O) groups is 1. The molecule has 1 atom stereocenters. The Kier molecular flexibility index (Phi) is 7.29. The van der Waals surface area contributed by atoms with Crippen molar-refractivity contribution in [3.63, 3.8) is 0 Å². The van der Waals surface area contributed by atoms with Crippen molar-refractivity contribution in [2.75, 3.05) is 19.0 Å². The van der Waals surface area contributed by atoms with Crippen molar-refractivity contribution < 1.29 is 41.0 Å². The van der Waals surface area contributed by atoms with Crippen molar-refractivity contribution in [3.05, 3.63) is 65.1 Å². The number of amides is 1. The molecule has 1 unspecified atom stereocenters. The molecule has 1 saturated carbocycles. The average molecular weight is 528 g/mol. The maximum absolute atomic E-state index is 14.9. The highest BCUT2D eigenvalue weighted by Crippen LogP contribution is 2.43. The third kappa shape index (κ3) is 5.18. The second-order valence-corrected chi connectivity index (χ2v) is 8.72. The van der Waals surface area contributed by atoms with Crippen molar-refractivity contribution in [2.45, 2.75) is 43.5 Å². The van der Waals surface area contributed by atoms with E-state index in [4.69, 9.17) is 4.74 Å². The van der Waals surface area contributed by atoms with Gasteiger partial charge in [-0.2, -0.15) is 13.2 Å². The number of carbonyl (C=O) groups excluding carboxylic acids is 1. The quantitative estimate of drug-likeness (QED) is 0.415. The average Bonchev–Trinajstić information content (AvgIpc) is 3.25. The first-order valence-electron chi connectivity index (χ1n) is 11.2. The number of alkyl halides is 3. The molecular weight excluding hydrogens is 506 g/mol. The summed E-state index contributed by atoms with van der Waals surface area (Å²) in [4.78, 5) is 12.3. The van der Waals surface area contributed by atoms with E-state index in [0.29, 0.717) is 18.9 Å². The van der Waals surface area contributed by atoms with Gasteiger partial charge in [-0.3, -0.25) is 4.79 Å². The highest BCUT2D eigenvalue weighted by molar-refractivity contribution is 5.92. The first-order valence-corrected chi connectivity index (χ1v) is 11.2. The Hall–Kier alpha value is -3.45. The number of aliphatic hydroxyl groups excluding tert-OH is 1. The minimum Gasteiger partial charge on any atom is -0.394 e. The number of aliphatic hydroxyl groups is 1. The summed E-state index contributed by atoms with van der Waals surface area (Å²) in [5, 5.41) is 19.7. The first kappa shape index (κ1) is 26.6. The molecule has 7 nitrogen and oxygen atoms in total. The SMILES string of the molecule is COC1(C(CO)n2cc(-c3c(F)cc(NC(=O)Cc4cccc(C(F)(F)F)c4F)cc3F)nn2)CCC1. The number of rotatable bonds is 8. The maximum atomic E-state index is 14.9. The van der Waals surface area contributed by atoms with E-state index in [2.05, 4.69) is 15.6 Å². The number of nitrogens with zero attached hydrogens (tertiary/aromatic N) is 3. The molecule has 1 aromatic heterocycles. The molecule has 198 valence electrons. The largest absolute Gasteiger partial charge is 0.419 e. The summed E-state index contributed by atoms with van der Waals surface area (Å²) >= 11 is 0.